The Morgan fingerprint density at radius 1 is 1.28 bits per heavy atom. The quantitative estimate of drug-likeness (QED) is 0.521. The van der Waals surface area contributed by atoms with Crippen LogP contribution in [0.3, 0.4) is 0 Å². The van der Waals surface area contributed by atoms with Gasteiger partial charge in [-0.15, -0.1) is 0 Å². The maximum absolute atomic E-state index is 14.4. The summed E-state index contributed by atoms with van der Waals surface area (Å²) in [5.41, 5.74) is 11.6. The number of hydrogen-bond donors (Lipinski definition) is 3. The number of cyclic esters (lactones) is 1. The van der Waals surface area contributed by atoms with Crippen LogP contribution < -0.4 is 21.3 Å². The van der Waals surface area contributed by atoms with E-state index in [0.717, 1.165) is 11.3 Å². The van der Waals surface area contributed by atoms with Crippen LogP contribution in [0, 0.1) is 11.7 Å². The molecule has 3 aliphatic rings. The molecule has 4 atom stereocenters. The van der Waals surface area contributed by atoms with E-state index in [2.05, 4.69) is 25.8 Å². The molecule has 0 saturated carbocycles. The Morgan fingerprint density at radius 2 is 2.14 bits per heavy atom. The maximum Gasteiger partial charge on any atom is 0.407 e. The summed E-state index contributed by atoms with van der Waals surface area (Å²) in [6.45, 7) is 2.34. The van der Waals surface area contributed by atoms with Crippen LogP contribution in [-0.2, 0) is 9.57 Å². The van der Waals surface area contributed by atoms with Crippen LogP contribution in [0.4, 0.5) is 9.18 Å². The zero-order chi connectivity index (χ0) is 25.2. The number of alkyl carbamates (subject to hydrolysis) is 1. The lowest BCUT2D eigenvalue weighted by Crippen LogP contribution is -2.48. The van der Waals surface area contributed by atoms with Crippen LogP contribution in [0.25, 0.3) is 11.3 Å². The molecule has 1 amide bonds. The number of rotatable bonds is 6. The lowest BCUT2D eigenvalue weighted by molar-refractivity contribution is 0.0152. The van der Waals surface area contributed by atoms with Crippen molar-refractivity contribution < 1.29 is 23.5 Å². The molecule has 12 heteroatoms. The second kappa shape index (κ2) is 9.90. The molecule has 1 fully saturated rings. The lowest BCUT2D eigenvalue weighted by Gasteiger charge is -2.35. The Bertz CT molecular complexity index is 1260. The molecule has 11 nitrogen and oxygen atoms in total. The summed E-state index contributed by atoms with van der Waals surface area (Å²) in [5, 5.41) is 2.58. The van der Waals surface area contributed by atoms with Gasteiger partial charge in [-0.05, 0) is 37.1 Å². The molecule has 1 aromatic carbocycles. The number of carbonyl (C=O) groups excluding carboxylic acids is 1. The van der Waals surface area contributed by atoms with Crippen LogP contribution >= 0.6 is 0 Å². The number of ether oxygens (including phenoxy) is 2. The third-order valence-electron chi connectivity index (χ3n) is 6.25. The molecule has 1 saturated heterocycles. The smallest absolute Gasteiger partial charge is 0.407 e. The topological polar surface area (TPSA) is 145 Å². The number of nitrogens with two attached hydrogens (primary N) is 1. The number of nitrogens with one attached hydrogen (secondary N) is 2. The number of amides is 1. The molecule has 0 radical (unpaired) electrons. The summed E-state index contributed by atoms with van der Waals surface area (Å²) >= 11 is 0. The first-order valence-electron chi connectivity index (χ1n) is 11.5. The second-order valence-electron chi connectivity index (χ2n) is 8.67. The van der Waals surface area contributed by atoms with Crippen LogP contribution in [0.15, 0.2) is 51.4 Å². The maximum atomic E-state index is 14.4. The van der Waals surface area contributed by atoms with Gasteiger partial charge in [-0.25, -0.2) is 24.2 Å². The van der Waals surface area contributed by atoms with Gasteiger partial charge < -0.3 is 20.5 Å². The average molecular weight is 496 g/mol. The van der Waals surface area contributed by atoms with E-state index in [1.165, 1.54) is 19.2 Å². The number of benzene rings is 1. The summed E-state index contributed by atoms with van der Waals surface area (Å²) < 4.78 is 24.7. The molecule has 0 bridgehead atoms. The van der Waals surface area contributed by atoms with Gasteiger partial charge in [0.25, 0.3) is 0 Å². The Kier molecular flexibility index (Phi) is 6.51. The second-order valence-corrected chi connectivity index (χ2v) is 8.67. The van der Waals surface area contributed by atoms with E-state index in [4.69, 9.17) is 25.0 Å². The standard InChI is InChI=1S/C24H26FN7O4/c1-12-21-19(31-23(26)28-12)9-18(30-22(21)32-35-11-14-10-27-24(33)36-14)15-7-6-13(25)8-16(15)17-4-3-5-20(29-17)34-2/h3-8,14,18-19,21H,9-11H2,1-2H3,(H2,26,31)(H,27,33)(H,30,32)/t14-,18?,19+,21?/m0/s1. The third kappa shape index (κ3) is 4.85. The largest absolute Gasteiger partial charge is 0.481 e. The number of aliphatic imine (C=N–C) groups is 3. The number of amidine groups is 1. The molecular formula is C24H26FN7O4. The Labute approximate surface area is 206 Å². The highest BCUT2D eigenvalue weighted by Crippen LogP contribution is 2.39. The van der Waals surface area contributed by atoms with Crippen LogP contribution in [0.2, 0.25) is 0 Å². The fourth-order valence-electron chi connectivity index (χ4n) is 4.64. The van der Waals surface area contributed by atoms with Crippen molar-refractivity contribution in [3.63, 3.8) is 0 Å². The minimum atomic E-state index is -0.478. The normalized spacial score (nSPS) is 25.1. The van der Waals surface area contributed by atoms with Gasteiger partial charge in [-0.1, -0.05) is 12.1 Å². The molecule has 1 aromatic heterocycles. The van der Waals surface area contributed by atoms with Gasteiger partial charge in [0.2, 0.25) is 11.8 Å². The number of nitrogens with zero attached hydrogens (tertiary/aromatic N) is 4. The van der Waals surface area contributed by atoms with E-state index in [1.54, 1.807) is 24.3 Å². The Balaban J connectivity index is 1.48. The predicted octanol–water partition coefficient (Wildman–Crippen LogP) is 2.14. The van der Waals surface area contributed by atoms with Crippen molar-refractivity contribution in [3.8, 4) is 17.1 Å². The molecule has 4 heterocycles. The van der Waals surface area contributed by atoms with Gasteiger partial charge in [-0.2, -0.15) is 0 Å². The summed E-state index contributed by atoms with van der Waals surface area (Å²) in [7, 11) is 1.53. The molecule has 5 rings (SSSR count). The molecular weight excluding hydrogens is 469 g/mol. The molecule has 188 valence electrons. The predicted molar refractivity (Wildman–Crippen MR) is 130 cm³/mol. The van der Waals surface area contributed by atoms with E-state index in [-0.39, 0.29) is 30.3 Å². The zero-order valence-corrected chi connectivity index (χ0v) is 19.8. The van der Waals surface area contributed by atoms with E-state index in [0.29, 0.717) is 35.9 Å². The van der Waals surface area contributed by atoms with Gasteiger partial charge in [0.15, 0.2) is 0 Å². The fraction of sp³-hybridized carbons (Fsp3) is 0.375. The number of hydroxylamine groups is 1. The van der Waals surface area contributed by atoms with E-state index >= 15 is 0 Å². The van der Waals surface area contributed by atoms with Crippen molar-refractivity contribution in [2.75, 3.05) is 20.3 Å². The number of pyridine rings is 1. The van der Waals surface area contributed by atoms with Crippen molar-refractivity contribution in [2.45, 2.75) is 31.5 Å². The van der Waals surface area contributed by atoms with Crippen LogP contribution in [0.1, 0.15) is 24.9 Å². The average Bonchev–Trinajstić information content (AvgIpc) is 3.28. The van der Waals surface area contributed by atoms with Crippen molar-refractivity contribution in [1.29, 1.82) is 0 Å². The lowest BCUT2D eigenvalue weighted by atomic mass is 9.82. The highest BCUT2D eigenvalue weighted by molar-refractivity contribution is 6.11. The van der Waals surface area contributed by atoms with E-state index in [1.807, 2.05) is 6.92 Å². The molecule has 2 unspecified atom stereocenters. The van der Waals surface area contributed by atoms with Crippen molar-refractivity contribution >= 4 is 23.6 Å². The van der Waals surface area contributed by atoms with Gasteiger partial charge in [0, 0.05) is 17.3 Å². The van der Waals surface area contributed by atoms with Gasteiger partial charge in [0.1, 0.15) is 24.4 Å². The number of hydrogen-bond acceptors (Lipinski definition) is 10. The highest BCUT2D eigenvalue weighted by Gasteiger charge is 2.39. The molecule has 4 N–H and O–H groups in total. The molecule has 36 heavy (non-hydrogen) atoms. The van der Waals surface area contributed by atoms with Crippen molar-refractivity contribution in [2.24, 2.45) is 26.6 Å². The summed E-state index contributed by atoms with van der Waals surface area (Å²) in [6.07, 6.45) is -0.372. The monoisotopic (exact) mass is 495 g/mol. The number of guanidine groups is 1. The number of halogens is 1. The first kappa shape index (κ1) is 23.7. The van der Waals surface area contributed by atoms with E-state index in [9.17, 15) is 9.18 Å². The number of methoxy groups -OCH3 is 1. The summed E-state index contributed by atoms with van der Waals surface area (Å²) in [5.74, 6) is 0.480. The van der Waals surface area contributed by atoms with Crippen LogP contribution in [-0.4, -0.2) is 61.0 Å². The van der Waals surface area contributed by atoms with E-state index < -0.39 is 18.2 Å². The Morgan fingerprint density at radius 3 is 2.92 bits per heavy atom. The number of fused-ring (bicyclic) bond motifs is 1. The van der Waals surface area contributed by atoms with Gasteiger partial charge in [-0.3, -0.25) is 15.3 Å². The minimum Gasteiger partial charge on any atom is -0.481 e. The van der Waals surface area contributed by atoms with Crippen molar-refractivity contribution in [1.82, 2.24) is 15.8 Å². The SMILES string of the molecule is COc1cccc(-c2cc(F)ccc2C2C[C@H]3N=C(N)N=C(C)C3C(NOC[C@@H]3CNC(=O)O3)=N2)n1. The first-order valence-corrected chi connectivity index (χ1v) is 11.5. The number of carbonyl (C=O) groups is 1. The van der Waals surface area contributed by atoms with Gasteiger partial charge >= 0.3 is 6.09 Å². The molecule has 3 aliphatic heterocycles. The van der Waals surface area contributed by atoms with Crippen LogP contribution in [0.5, 0.6) is 5.88 Å². The zero-order valence-electron chi connectivity index (χ0n) is 19.8. The Hall–Kier alpha value is -4.06. The minimum absolute atomic E-state index is 0.122. The summed E-state index contributed by atoms with van der Waals surface area (Å²) in [4.78, 5) is 35.2. The molecule has 2 aromatic rings. The fourth-order valence-corrected chi connectivity index (χ4v) is 4.64. The van der Waals surface area contributed by atoms with Gasteiger partial charge in [0.05, 0.1) is 37.4 Å². The highest BCUT2D eigenvalue weighted by atomic mass is 19.1. The molecule has 0 spiro atoms. The van der Waals surface area contributed by atoms with Crippen molar-refractivity contribution in [3.05, 3.63) is 47.8 Å². The third-order valence-corrected chi connectivity index (χ3v) is 6.25. The number of aromatic nitrogens is 1. The summed E-state index contributed by atoms with van der Waals surface area (Å²) in [6, 6.07) is 9.22. The first-order chi connectivity index (χ1) is 17.4. The molecule has 0 aliphatic carbocycles.